The molecule has 0 saturated heterocycles. The van der Waals surface area contributed by atoms with E-state index < -0.39 is 5.41 Å². The van der Waals surface area contributed by atoms with Gasteiger partial charge in [0, 0.05) is 33.4 Å². The molecule has 2 nitrogen and oxygen atoms in total. The molecule has 0 fully saturated rings. The van der Waals surface area contributed by atoms with Crippen LogP contribution in [0.25, 0.3) is 83.1 Å². The maximum atomic E-state index is 2.53. The van der Waals surface area contributed by atoms with Crippen LogP contribution in [0.15, 0.2) is 303 Å². The van der Waals surface area contributed by atoms with Crippen molar-refractivity contribution in [3.05, 3.63) is 326 Å². The van der Waals surface area contributed by atoms with Crippen LogP contribution in [0.1, 0.15) is 22.3 Å². The van der Waals surface area contributed by atoms with Gasteiger partial charge in [-0.3, -0.25) is 0 Å². The van der Waals surface area contributed by atoms with Gasteiger partial charge in [-0.2, -0.15) is 0 Å². The van der Waals surface area contributed by atoms with Crippen molar-refractivity contribution in [3.8, 4) is 61.3 Å². The molecule has 0 bridgehead atoms. The highest BCUT2D eigenvalue weighted by atomic mass is 15.1. The van der Waals surface area contributed by atoms with E-state index >= 15 is 0 Å². The number of rotatable bonds is 10. The molecule has 1 aromatic heterocycles. The van der Waals surface area contributed by atoms with Crippen molar-refractivity contribution in [3.63, 3.8) is 0 Å². The topological polar surface area (TPSA) is 8.17 Å². The molecule has 0 unspecified atom stereocenters. The Kier molecular flexibility index (Phi) is 10.8. The van der Waals surface area contributed by atoms with Gasteiger partial charge in [0.05, 0.1) is 22.1 Å². The Morgan fingerprint density at radius 1 is 0.267 bits per heavy atom. The average Bonchev–Trinajstić information content (AvgIpc) is 4.05. The SMILES string of the molecule is c1ccc(-c2cc(-c3ccccc3)cc(N(c3ccccc3)c3ccc(-c4ccccc4-c4ccc5c6ccccc6n(-c6cccc7c6-c6ccccc6C7(c6ccccc6)c6ccccc6)c5c4)cc3)c2)cc1. The smallest absolute Gasteiger partial charge is 0.0714 e. The molecule has 0 N–H and O–H groups in total. The van der Waals surface area contributed by atoms with E-state index in [2.05, 4.69) is 313 Å². The van der Waals surface area contributed by atoms with E-state index in [4.69, 9.17) is 0 Å². The molecule has 352 valence electrons. The molecule has 12 aromatic carbocycles. The molecule has 0 atom stereocenters. The van der Waals surface area contributed by atoms with E-state index in [1.807, 2.05) is 0 Å². The minimum Gasteiger partial charge on any atom is -0.310 e. The summed E-state index contributed by atoms with van der Waals surface area (Å²) in [7, 11) is 0. The van der Waals surface area contributed by atoms with Crippen LogP contribution in [0, 0.1) is 0 Å². The Morgan fingerprint density at radius 3 is 1.39 bits per heavy atom. The first-order chi connectivity index (χ1) is 37.2. The fourth-order valence-corrected chi connectivity index (χ4v) is 12.2. The third-order valence-corrected chi connectivity index (χ3v) is 15.5. The monoisotopic (exact) mass is 954 g/mol. The van der Waals surface area contributed by atoms with Gasteiger partial charge in [-0.25, -0.2) is 0 Å². The van der Waals surface area contributed by atoms with Crippen LogP contribution < -0.4 is 4.90 Å². The van der Waals surface area contributed by atoms with Crippen LogP contribution in [-0.2, 0) is 5.41 Å². The van der Waals surface area contributed by atoms with Crippen LogP contribution in [-0.4, -0.2) is 4.57 Å². The summed E-state index contributed by atoms with van der Waals surface area (Å²) >= 11 is 0. The maximum Gasteiger partial charge on any atom is 0.0714 e. The second kappa shape index (κ2) is 18.4. The molecule has 14 rings (SSSR count). The first-order valence-corrected chi connectivity index (χ1v) is 25.9. The van der Waals surface area contributed by atoms with Crippen molar-refractivity contribution < 1.29 is 0 Å². The Balaban J connectivity index is 0.909. The van der Waals surface area contributed by atoms with E-state index in [1.165, 1.54) is 99.8 Å². The molecule has 1 aliphatic rings. The van der Waals surface area contributed by atoms with Crippen molar-refractivity contribution in [2.75, 3.05) is 4.90 Å². The van der Waals surface area contributed by atoms with Crippen molar-refractivity contribution in [2.45, 2.75) is 5.41 Å². The Hall–Kier alpha value is -9.76. The zero-order chi connectivity index (χ0) is 49.7. The Morgan fingerprint density at radius 2 is 0.747 bits per heavy atom. The maximum absolute atomic E-state index is 2.53. The third kappa shape index (κ3) is 7.33. The van der Waals surface area contributed by atoms with Crippen LogP contribution in [0.5, 0.6) is 0 Å². The lowest BCUT2D eigenvalue weighted by atomic mass is 9.68. The van der Waals surface area contributed by atoms with Crippen molar-refractivity contribution >= 4 is 38.9 Å². The number of anilines is 3. The quantitative estimate of drug-likeness (QED) is 0.133. The zero-order valence-electron chi connectivity index (χ0n) is 41.3. The number of fused-ring (bicyclic) bond motifs is 6. The summed E-state index contributed by atoms with van der Waals surface area (Å²) in [6, 6.07) is 111. The van der Waals surface area contributed by atoms with E-state index in [9.17, 15) is 0 Å². The van der Waals surface area contributed by atoms with Gasteiger partial charge in [-0.05, 0) is 133 Å². The minimum absolute atomic E-state index is 0.502. The van der Waals surface area contributed by atoms with Gasteiger partial charge in [0.2, 0.25) is 0 Å². The molecule has 0 aliphatic heterocycles. The lowest BCUT2D eigenvalue weighted by molar-refractivity contribution is 0.768. The summed E-state index contributed by atoms with van der Waals surface area (Å²) in [5.74, 6) is 0. The van der Waals surface area contributed by atoms with Gasteiger partial charge in [-0.15, -0.1) is 0 Å². The van der Waals surface area contributed by atoms with Crippen molar-refractivity contribution in [2.24, 2.45) is 0 Å². The third-order valence-electron chi connectivity index (χ3n) is 15.5. The summed E-state index contributed by atoms with van der Waals surface area (Å²) in [6.45, 7) is 0. The first-order valence-electron chi connectivity index (χ1n) is 25.9. The second-order valence-corrected chi connectivity index (χ2v) is 19.6. The van der Waals surface area contributed by atoms with Gasteiger partial charge in [0.15, 0.2) is 0 Å². The van der Waals surface area contributed by atoms with Crippen LogP contribution in [0.3, 0.4) is 0 Å². The van der Waals surface area contributed by atoms with E-state index in [0.29, 0.717) is 0 Å². The van der Waals surface area contributed by atoms with E-state index in [-0.39, 0.29) is 0 Å². The molecule has 75 heavy (non-hydrogen) atoms. The van der Waals surface area contributed by atoms with Gasteiger partial charge in [0.1, 0.15) is 0 Å². The second-order valence-electron chi connectivity index (χ2n) is 19.6. The average molecular weight is 955 g/mol. The molecule has 1 aliphatic carbocycles. The number of nitrogens with zero attached hydrogens (tertiary/aromatic N) is 2. The number of benzene rings is 12. The van der Waals surface area contributed by atoms with Crippen molar-refractivity contribution in [1.82, 2.24) is 4.57 Å². The van der Waals surface area contributed by atoms with Gasteiger partial charge in [0.25, 0.3) is 0 Å². The predicted octanol–water partition coefficient (Wildman–Crippen LogP) is 19.3. The number of hydrogen-bond acceptors (Lipinski definition) is 1. The zero-order valence-corrected chi connectivity index (χ0v) is 41.3. The summed E-state index contributed by atoms with van der Waals surface area (Å²) < 4.78 is 2.53. The molecular weight excluding hydrogens is 905 g/mol. The molecule has 0 radical (unpaired) electrons. The predicted molar refractivity (Wildman–Crippen MR) is 315 cm³/mol. The van der Waals surface area contributed by atoms with Crippen molar-refractivity contribution in [1.29, 1.82) is 0 Å². The molecule has 0 saturated carbocycles. The molecule has 13 aromatic rings. The van der Waals surface area contributed by atoms with Gasteiger partial charge in [-0.1, -0.05) is 243 Å². The lowest BCUT2D eigenvalue weighted by Crippen LogP contribution is -2.28. The first kappa shape index (κ1) is 44.0. The molecule has 1 heterocycles. The largest absolute Gasteiger partial charge is 0.310 e. The van der Waals surface area contributed by atoms with Gasteiger partial charge >= 0.3 is 0 Å². The summed E-state index contributed by atoms with van der Waals surface area (Å²) in [6.07, 6.45) is 0. The van der Waals surface area contributed by atoms with E-state index in [0.717, 1.165) is 22.6 Å². The Labute approximate surface area is 438 Å². The highest BCUT2D eigenvalue weighted by Crippen LogP contribution is 2.58. The number of hydrogen-bond donors (Lipinski definition) is 0. The highest BCUT2D eigenvalue weighted by molar-refractivity contribution is 6.11. The Bertz CT molecular complexity index is 4100. The van der Waals surface area contributed by atoms with Crippen LogP contribution in [0.4, 0.5) is 17.1 Å². The summed E-state index contributed by atoms with van der Waals surface area (Å²) in [5, 5.41) is 2.46. The van der Waals surface area contributed by atoms with E-state index in [1.54, 1.807) is 0 Å². The highest BCUT2D eigenvalue weighted by Gasteiger charge is 2.47. The molecule has 2 heteroatoms. The summed E-state index contributed by atoms with van der Waals surface area (Å²) in [5.41, 5.74) is 23.3. The molecule has 0 amide bonds. The molecule has 0 spiro atoms. The fourth-order valence-electron chi connectivity index (χ4n) is 12.2. The summed E-state index contributed by atoms with van der Waals surface area (Å²) in [4.78, 5) is 2.38. The fraction of sp³-hybridized carbons (Fsp3) is 0.0137. The van der Waals surface area contributed by atoms with Crippen LogP contribution >= 0.6 is 0 Å². The normalized spacial score (nSPS) is 12.4. The van der Waals surface area contributed by atoms with Crippen LogP contribution in [0.2, 0.25) is 0 Å². The molecular formula is C73H50N2. The van der Waals surface area contributed by atoms with Gasteiger partial charge < -0.3 is 9.47 Å². The minimum atomic E-state index is -0.502. The number of para-hydroxylation sites is 2. The standard InChI is InChI=1S/C73H50N2/c1-6-23-51(24-7-1)55-47-56(52-25-8-2-9-26-52)49-61(48-55)74(59-31-14-5-15-32-59)60-44-41-53(42-45-60)62-33-16-17-34-63(62)54-43-46-65-64-35-19-21-39-69(64)75(71(65)50-54)70-40-22-38-68-72(70)66-36-18-20-37-67(66)73(68,57-27-10-3-11-28-57)58-29-12-4-13-30-58/h1-50H. The number of aromatic nitrogens is 1. The lowest BCUT2D eigenvalue weighted by Gasteiger charge is -2.34.